The number of nitrogens with zero attached hydrogens (tertiary/aromatic N) is 2. The molecule has 0 aliphatic heterocycles. The average Bonchev–Trinajstić information content (AvgIpc) is 3.13. The highest BCUT2D eigenvalue weighted by Gasteiger charge is 2.16. The van der Waals surface area contributed by atoms with E-state index in [1.54, 1.807) is 25.1 Å². The predicted octanol–water partition coefficient (Wildman–Crippen LogP) is 2.08. The van der Waals surface area contributed by atoms with Gasteiger partial charge in [-0.2, -0.15) is 0 Å². The molecule has 142 valence electrons. The Balaban J connectivity index is 1.64. The van der Waals surface area contributed by atoms with Gasteiger partial charge in [0.05, 0.1) is 28.1 Å². The van der Waals surface area contributed by atoms with Crippen LogP contribution in [-0.2, 0) is 6.54 Å². The lowest BCUT2D eigenvalue weighted by Crippen LogP contribution is -2.36. The van der Waals surface area contributed by atoms with Gasteiger partial charge in [-0.1, -0.05) is 12.1 Å². The quantitative estimate of drug-likeness (QED) is 0.473. The first-order chi connectivity index (χ1) is 13.5. The van der Waals surface area contributed by atoms with Crippen molar-refractivity contribution < 1.29 is 4.79 Å². The van der Waals surface area contributed by atoms with Crippen LogP contribution in [0.25, 0.3) is 22.1 Å². The number of hydrogen-bond acceptors (Lipinski definition) is 4. The molecular weight excluding hydrogens is 358 g/mol. The van der Waals surface area contributed by atoms with Gasteiger partial charge in [-0.05, 0) is 44.2 Å². The van der Waals surface area contributed by atoms with Gasteiger partial charge >= 0.3 is 11.1 Å². The Morgan fingerprint density at radius 2 is 1.93 bits per heavy atom. The van der Waals surface area contributed by atoms with Crippen molar-refractivity contribution in [1.29, 1.82) is 0 Å². The molecule has 2 aromatic carbocycles. The number of para-hydroxylation sites is 2. The third-order valence-corrected chi connectivity index (χ3v) is 4.72. The van der Waals surface area contributed by atoms with Crippen LogP contribution in [0.5, 0.6) is 0 Å². The molecule has 0 bridgehead atoms. The number of carbonyl (C=O) groups is 1. The number of nitrogens with one attached hydrogen (secondary N) is 3. The summed E-state index contributed by atoms with van der Waals surface area (Å²) < 4.78 is 1.38. The lowest BCUT2D eigenvalue weighted by atomic mass is 10.1. The molecule has 2 aromatic heterocycles. The Kier molecular flexibility index (Phi) is 4.31. The van der Waals surface area contributed by atoms with E-state index in [1.807, 2.05) is 31.2 Å². The molecule has 0 saturated carbocycles. The van der Waals surface area contributed by atoms with Gasteiger partial charge < -0.3 is 19.9 Å². The minimum Gasteiger partial charge on any atom is -0.342 e. The van der Waals surface area contributed by atoms with Crippen molar-refractivity contribution in [1.82, 2.24) is 24.8 Å². The van der Waals surface area contributed by atoms with Crippen LogP contribution in [0.3, 0.4) is 0 Å². The summed E-state index contributed by atoms with van der Waals surface area (Å²) in [6, 6.07) is 12.2. The first-order valence-electron chi connectivity index (χ1n) is 9.00. The van der Waals surface area contributed by atoms with E-state index in [0.29, 0.717) is 29.0 Å². The maximum Gasteiger partial charge on any atom is 0.316 e. The summed E-state index contributed by atoms with van der Waals surface area (Å²) in [5, 5.41) is 2.90. The summed E-state index contributed by atoms with van der Waals surface area (Å²) >= 11 is 0. The Labute approximate surface area is 159 Å². The maximum atomic E-state index is 12.7. The Morgan fingerprint density at radius 1 is 1.14 bits per heavy atom. The number of carbonyl (C=O) groups excluding carboxylic acids is 1. The van der Waals surface area contributed by atoms with Crippen LogP contribution < -0.4 is 16.4 Å². The molecule has 2 heterocycles. The van der Waals surface area contributed by atoms with Crippen LogP contribution in [0.15, 0.2) is 52.1 Å². The van der Waals surface area contributed by atoms with Crippen molar-refractivity contribution in [2.24, 2.45) is 0 Å². The van der Waals surface area contributed by atoms with Gasteiger partial charge in [0.25, 0.3) is 5.91 Å². The van der Waals surface area contributed by atoms with Crippen LogP contribution in [0.4, 0.5) is 0 Å². The fraction of sp³-hybridized carbons (Fsp3) is 0.200. The van der Waals surface area contributed by atoms with Crippen LogP contribution in [0, 0.1) is 0 Å². The SMILES string of the molecule is CCn1c(=O)c(=O)[nH]c2cc(C(=O)NC(C)c3nc4ccccc4[nH]3)ccc21. The van der Waals surface area contributed by atoms with Gasteiger partial charge in [-0.15, -0.1) is 0 Å². The molecule has 4 rings (SSSR count). The zero-order chi connectivity index (χ0) is 19.8. The van der Waals surface area contributed by atoms with E-state index in [9.17, 15) is 14.4 Å². The van der Waals surface area contributed by atoms with Gasteiger partial charge in [0, 0.05) is 12.1 Å². The highest BCUT2D eigenvalue weighted by molar-refractivity contribution is 5.97. The van der Waals surface area contributed by atoms with E-state index in [2.05, 4.69) is 20.3 Å². The minimum absolute atomic E-state index is 0.301. The van der Waals surface area contributed by atoms with Crippen molar-refractivity contribution in [2.45, 2.75) is 26.4 Å². The fourth-order valence-corrected chi connectivity index (χ4v) is 3.26. The molecule has 1 unspecified atom stereocenters. The molecule has 0 aliphatic carbocycles. The van der Waals surface area contributed by atoms with E-state index in [1.165, 1.54) is 4.57 Å². The van der Waals surface area contributed by atoms with Crippen LogP contribution in [0.2, 0.25) is 0 Å². The number of amides is 1. The van der Waals surface area contributed by atoms with Crippen molar-refractivity contribution in [3.05, 3.63) is 74.6 Å². The lowest BCUT2D eigenvalue weighted by Gasteiger charge is -2.12. The molecule has 28 heavy (non-hydrogen) atoms. The summed E-state index contributed by atoms with van der Waals surface area (Å²) in [7, 11) is 0. The summed E-state index contributed by atoms with van der Waals surface area (Å²) in [6.45, 7) is 4.00. The molecular formula is C20H19N5O3. The number of benzene rings is 2. The Hall–Kier alpha value is -3.68. The molecule has 4 aromatic rings. The molecule has 1 amide bonds. The molecule has 0 saturated heterocycles. The molecule has 3 N–H and O–H groups in total. The smallest absolute Gasteiger partial charge is 0.316 e. The Morgan fingerprint density at radius 3 is 2.68 bits per heavy atom. The number of fused-ring (bicyclic) bond motifs is 2. The summed E-state index contributed by atoms with van der Waals surface area (Å²) in [4.78, 5) is 46.7. The molecule has 0 fully saturated rings. The average molecular weight is 377 g/mol. The molecule has 0 aliphatic rings. The molecule has 0 radical (unpaired) electrons. The molecule has 8 nitrogen and oxygen atoms in total. The van der Waals surface area contributed by atoms with Gasteiger partial charge in [0.15, 0.2) is 0 Å². The number of H-pyrrole nitrogens is 2. The largest absolute Gasteiger partial charge is 0.342 e. The fourth-order valence-electron chi connectivity index (χ4n) is 3.26. The highest BCUT2D eigenvalue weighted by Crippen LogP contribution is 2.17. The monoisotopic (exact) mass is 377 g/mol. The minimum atomic E-state index is -0.706. The number of aryl methyl sites for hydroxylation is 1. The van der Waals surface area contributed by atoms with Gasteiger partial charge in [0.2, 0.25) is 0 Å². The zero-order valence-electron chi connectivity index (χ0n) is 15.4. The van der Waals surface area contributed by atoms with E-state index in [4.69, 9.17) is 0 Å². The second-order valence-corrected chi connectivity index (χ2v) is 6.57. The number of hydrogen-bond donors (Lipinski definition) is 3. The summed E-state index contributed by atoms with van der Waals surface area (Å²) in [6.07, 6.45) is 0. The van der Waals surface area contributed by atoms with Crippen LogP contribution in [-0.4, -0.2) is 25.4 Å². The van der Waals surface area contributed by atoms with Crippen LogP contribution >= 0.6 is 0 Å². The summed E-state index contributed by atoms with van der Waals surface area (Å²) in [5.41, 5.74) is 1.82. The van der Waals surface area contributed by atoms with Crippen molar-refractivity contribution in [3.8, 4) is 0 Å². The first-order valence-corrected chi connectivity index (χ1v) is 9.00. The number of imidazole rings is 1. The first kappa shape index (κ1) is 17.7. The second kappa shape index (κ2) is 6.80. The number of aromatic nitrogens is 4. The second-order valence-electron chi connectivity index (χ2n) is 6.57. The standard InChI is InChI=1S/C20H19N5O3/c1-3-25-16-9-8-12(10-15(16)24-19(27)20(25)28)18(26)21-11(2)17-22-13-6-4-5-7-14(13)23-17/h4-11H,3H2,1-2H3,(H,21,26)(H,22,23)(H,24,27). The normalized spacial score (nSPS) is 12.4. The maximum absolute atomic E-state index is 12.7. The van der Waals surface area contributed by atoms with Crippen molar-refractivity contribution >= 4 is 28.0 Å². The summed E-state index contributed by atoms with van der Waals surface area (Å²) in [5.74, 6) is 0.355. The van der Waals surface area contributed by atoms with Gasteiger partial charge in [-0.3, -0.25) is 14.4 Å². The van der Waals surface area contributed by atoms with Crippen LogP contribution in [0.1, 0.15) is 36.1 Å². The third-order valence-electron chi connectivity index (χ3n) is 4.72. The molecule has 8 heteroatoms. The lowest BCUT2D eigenvalue weighted by molar-refractivity contribution is 0.0938. The highest BCUT2D eigenvalue weighted by atomic mass is 16.2. The van der Waals surface area contributed by atoms with E-state index in [0.717, 1.165) is 11.0 Å². The van der Waals surface area contributed by atoms with E-state index >= 15 is 0 Å². The van der Waals surface area contributed by atoms with E-state index in [-0.39, 0.29) is 11.9 Å². The number of rotatable bonds is 4. The zero-order valence-corrected chi connectivity index (χ0v) is 15.4. The molecule has 1 atom stereocenters. The van der Waals surface area contributed by atoms with Crippen molar-refractivity contribution in [2.75, 3.05) is 0 Å². The van der Waals surface area contributed by atoms with E-state index < -0.39 is 11.1 Å². The van der Waals surface area contributed by atoms with Crippen molar-refractivity contribution in [3.63, 3.8) is 0 Å². The Bertz CT molecular complexity index is 1280. The van der Waals surface area contributed by atoms with Gasteiger partial charge in [-0.25, -0.2) is 4.98 Å². The molecule has 0 spiro atoms. The predicted molar refractivity (Wildman–Crippen MR) is 106 cm³/mol. The van der Waals surface area contributed by atoms with Gasteiger partial charge in [0.1, 0.15) is 5.82 Å². The number of aromatic amines is 2. The third kappa shape index (κ3) is 2.98. The topological polar surface area (TPSA) is 113 Å².